The van der Waals surface area contributed by atoms with Gasteiger partial charge in [0, 0.05) is 4.47 Å². The van der Waals surface area contributed by atoms with Gasteiger partial charge >= 0.3 is 0 Å². The van der Waals surface area contributed by atoms with Gasteiger partial charge in [-0.25, -0.2) is 0 Å². The molecule has 2 N–H and O–H groups in total. The molecule has 1 unspecified atom stereocenters. The van der Waals surface area contributed by atoms with Gasteiger partial charge in [-0.15, -0.1) is 0 Å². The summed E-state index contributed by atoms with van der Waals surface area (Å²) in [6.07, 6.45) is 2.53. The van der Waals surface area contributed by atoms with Crippen LogP contribution in [0.15, 0.2) is 53.0 Å². The second-order valence-corrected chi connectivity index (χ2v) is 8.08. The van der Waals surface area contributed by atoms with E-state index < -0.39 is 6.04 Å². The number of ether oxygens (including phenoxy) is 1. The quantitative estimate of drug-likeness (QED) is 0.524. The first kappa shape index (κ1) is 22.3. The molecule has 0 aliphatic heterocycles. The van der Waals surface area contributed by atoms with Gasteiger partial charge in [0.1, 0.15) is 18.4 Å². The summed E-state index contributed by atoms with van der Waals surface area (Å²) in [6, 6.07) is 14.3. The maximum Gasteiger partial charge on any atom is 0.253 e. The second-order valence-electron chi connectivity index (χ2n) is 6.24. The van der Waals surface area contributed by atoms with E-state index in [-0.39, 0.29) is 11.8 Å². The molecular formula is C21H25BrN2O3S. The average Bonchev–Trinajstić information content (AvgIpc) is 2.69. The van der Waals surface area contributed by atoms with Crippen LogP contribution in [0.2, 0.25) is 0 Å². The van der Waals surface area contributed by atoms with Gasteiger partial charge in [-0.1, -0.05) is 29.8 Å². The molecule has 0 fully saturated rings. The third-order valence-corrected chi connectivity index (χ3v) is 5.38. The second kappa shape index (κ2) is 11.8. The zero-order valence-electron chi connectivity index (χ0n) is 16.0. The fourth-order valence-electron chi connectivity index (χ4n) is 2.49. The van der Waals surface area contributed by atoms with Crippen molar-refractivity contribution in [2.24, 2.45) is 0 Å². The van der Waals surface area contributed by atoms with Crippen LogP contribution in [-0.2, 0) is 4.79 Å². The van der Waals surface area contributed by atoms with Crippen molar-refractivity contribution >= 4 is 39.5 Å². The molecule has 0 aliphatic carbocycles. The minimum absolute atomic E-state index is 0.207. The fraction of sp³-hybridized carbons (Fsp3) is 0.333. The molecule has 28 heavy (non-hydrogen) atoms. The maximum atomic E-state index is 12.6. The lowest BCUT2D eigenvalue weighted by Crippen LogP contribution is -2.48. The van der Waals surface area contributed by atoms with E-state index in [4.69, 9.17) is 4.74 Å². The van der Waals surface area contributed by atoms with Crippen molar-refractivity contribution in [1.82, 2.24) is 10.6 Å². The number of halogens is 1. The van der Waals surface area contributed by atoms with E-state index in [2.05, 4.69) is 26.6 Å². The first-order chi connectivity index (χ1) is 13.5. The Hall–Kier alpha value is -1.99. The van der Waals surface area contributed by atoms with Gasteiger partial charge in [0.25, 0.3) is 5.91 Å². The summed E-state index contributed by atoms with van der Waals surface area (Å²) < 4.78 is 6.32. The number of carbonyl (C=O) groups excluding carboxylic acids is 2. The third-order valence-electron chi connectivity index (χ3n) is 4.04. The predicted molar refractivity (Wildman–Crippen MR) is 118 cm³/mol. The molecule has 0 saturated carbocycles. The molecule has 150 valence electrons. The van der Waals surface area contributed by atoms with Crippen molar-refractivity contribution in [1.29, 1.82) is 0 Å². The fourth-order valence-corrected chi connectivity index (χ4v) is 3.42. The zero-order valence-corrected chi connectivity index (χ0v) is 18.4. The van der Waals surface area contributed by atoms with Crippen molar-refractivity contribution in [3.05, 3.63) is 64.1 Å². The Bertz CT molecular complexity index is 783. The summed E-state index contributed by atoms with van der Waals surface area (Å²) in [5.41, 5.74) is 1.67. The molecule has 5 nitrogen and oxygen atoms in total. The monoisotopic (exact) mass is 464 g/mol. The van der Waals surface area contributed by atoms with Crippen LogP contribution >= 0.6 is 27.7 Å². The summed E-state index contributed by atoms with van der Waals surface area (Å²) in [4.78, 5) is 25.1. The normalized spacial score (nSPS) is 11.5. The van der Waals surface area contributed by atoms with Crippen LogP contribution in [0.25, 0.3) is 0 Å². The van der Waals surface area contributed by atoms with E-state index in [0.29, 0.717) is 29.6 Å². The van der Waals surface area contributed by atoms with Crippen LogP contribution in [0.1, 0.15) is 22.3 Å². The molecule has 0 spiro atoms. The standard InChI is InChI=1S/C21H25BrN2O3S/c1-15-7-9-16(10-8-15)27-13-12-23-21(26)19(11-14-28-2)24-20(25)17-5-3-4-6-18(17)22/h3-10,19H,11-14H2,1-2H3,(H,23,26)(H,24,25). The van der Waals surface area contributed by atoms with E-state index in [9.17, 15) is 9.59 Å². The van der Waals surface area contributed by atoms with Crippen molar-refractivity contribution < 1.29 is 14.3 Å². The van der Waals surface area contributed by atoms with E-state index >= 15 is 0 Å². The number of nitrogens with one attached hydrogen (secondary N) is 2. The molecule has 2 aromatic carbocycles. The molecule has 7 heteroatoms. The Kier molecular flexibility index (Phi) is 9.37. The number of benzene rings is 2. The van der Waals surface area contributed by atoms with Crippen LogP contribution in [0, 0.1) is 6.92 Å². The largest absolute Gasteiger partial charge is 0.492 e. The lowest BCUT2D eigenvalue weighted by Gasteiger charge is -2.18. The van der Waals surface area contributed by atoms with Gasteiger partial charge in [0.05, 0.1) is 12.1 Å². The number of rotatable bonds is 10. The molecule has 0 saturated heterocycles. The van der Waals surface area contributed by atoms with E-state index in [0.717, 1.165) is 17.1 Å². The number of aryl methyl sites for hydroxylation is 1. The number of carbonyl (C=O) groups is 2. The first-order valence-electron chi connectivity index (χ1n) is 9.02. The van der Waals surface area contributed by atoms with Gasteiger partial charge in [0.15, 0.2) is 0 Å². The molecule has 1 atom stereocenters. The van der Waals surface area contributed by atoms with E-state index in [1.165, 1.54) is 0 Å². The summed E-state index contributed by atoms with van der Waals surface area (Å²) in [5.74, 6) is 1.06. The van der Waals surface area contributed by atoms with Gasteiger partial charge in [-0.05, 0) is 65.5 Å². The highest BCUT2D eigenvalue weighted by Gasteiger charge is 2.21. The summed E-state index contributed by atoms with van der Waals surface area (Å²) in [6.45, 7) is 2.75. The van der Waals surface area contributed by atoms with Crippen LogP contribution in [0.4, 0.5) is 0 Å². The topological polar surface area (TPSA) is 67.4 Å². The summed E-state index contributed by atoms with van der Waals surface area (Å²) >= 11 is 5.01. The maximum absolute atomic E-state index is 12.6. The molecule has 0 radical (unpaired) electrons. The van der Waals surface area contributed by atoms with Crippen LogP contribution in [0.3, 0.4) is 0 Å². The third kappa shape index (κ3) is 7.20. The number of hydrogen-bond donors (Lipinski definition) is 2. The van der Waals surface area contributed by atoms with Crippen LogP contribution in [-0.4, -0.2) is 43.0 Å². The van der Waals surface area contributed by atoms with Crippen molar-refractivity contribution in [2.45, 2.75) is 19.4 Å². The number of amides is 2. The highest BCUT2D eigenvalue weighted by molar-refractivity contribution is 9.10. The van der Waals surface area contributed by atoms with Crippen molar-refractivity contribution in [3.8, 4) is 5.75 Å². The van der Waals surface area contributed by atoms with Crippen molar-refractivity contribution in [3.63, 3.8) is 0 Å². The SMILES string of the molecule is CSCCC(NC(=O)c1ccccc1Br)C(=O)NCCOc1ccc(C)cc1. The minimum Gasteiger partial charge on any atom is -0.492 e. The van der Waals surface area contributed by atoms with Gasteiger partial charge in [-0.2, -0.15) is 11.8 Å². The highest BCUT2D eigenvalue weighted by Crippen LogP contribution is 2.16. The number of thioether (sulfide) groups is 1. The lowest BCUT2D eigenvalue weighted by atomic mass is 10.1. The molecular weight excluding hydrogens is 440 g/mol. The van der Waals surface area contributed by atoms with Crippen molar-refractivity contribution in [2.75, 3.05) is 25.2 Å². The molecule has 0 heterocycles. The minimum atomic E-state index is -0.591. The van der Waals surface area contributed by atoms with Gasteiger partial charge < -0.3 is 15.4 Å². The van der Waals surface area contributed by atoms with Crippen LogP contribution in [0.5, 0.6) is 5.75 Å². The van der Waals surface area contributed by atoms with E-state index in [1.807, 2.05) is 43.5 Å². The Balaban J connectivity index is 1.86. The molecule has 2 rings (SSSR count). The molecule has 2 aromatic rings. The van der Waals surface area contributed by atoms with Gasteiger partial charge in [0.2, 0.25) is 5.91 Å². The van der Waals surface area contributed by atoms with Gasteiger partial charge in [-0.3, -0.25) is 9.59 Å². The summed E-state index contributed by atoms with van der Waals surface area (Å²) in [5, 5.41) is 5.68. The molecule has 2 amide bonds. The zero-order chi connectivity index (χ0) is 20.4. The Morgan fingerprint density at radius 1 is 1.14 bits per heavy atom. The Labute approximate surface area is 178 Å². The summed E-state index contributed by atoms with van der Waals surface area (Å²) in [7, 11) is 0. The average molecular weight is 465 g/mol. The Morgan fingerprint density at radius 2 is 1.86 bits per heavy atom. The lowest BCUT2D eigenvalue weighted by molar-refractivity contribution is -0.123. The molecule has 0 aromatic heterocycles. The van der Waals surface area contributed by atoms with Crippen LogP contribution < -0.4 is 15.4 Å². The smallest absolute Gasteiger partial charge is 0.253 e. The molecule has 0 aliphatic rings. The highest BCUT2D eigenvalue weighted by atomic mass is 79.9. The van der Waals surface area contributed by atoms with E-state index in [1.54, 1.807) is 30.0 Å². The molecule has 0 bridgehead atoms. The first-order valence-corrected chi connectivity index (χ1v) is 11.2. The predicted octanol–water partition coefficient (Wildman–Crippen LogP) is 3.80. The Morgan fingerprint density at radius 3 is 2.54 bits per heavy atom. The number of hydrogen-bond acceptors (Lipinski definition) is 4.